The van der Waals surface area contributed by atoms with Gasteiger partial charge in [0.05, 0.1) is 11.7 Å². The van der Waals surface area contributed by atoms with Crippen LogP contribution in [-0.4, -0.2) is 22.2 Å². The molecule has 0 aliphatic heterocycles. The zero-order chi connectivity index (χ0) is 13.9. The van der Waals surface area contributed by atoms with Crippen molar-refractivity contribution in [1.29, 1.82) is 0 Å². The Kier molecular flexibility index (Phi) is 4.31. The Balaban J connectivity index is 2.76. The van der Waals surface area contributed by atoms with Crippen LogP contribution in [0.4, 0.5) is 13.2 Å². The molecular formula is C11H12F3NO3. The lowest BCUT2D eigenvalue weighted by atomic mass is 10.0. The first-order chi connectivity index (χ1) is 8.21. The molecule has 0 fully saturated rings. The Bertz CT molecular complexity index is 417. The lowest BCUT2D eigenvalue weighted by Crippen LogP contribution is -2.31. The third-order valence-electron chi connectivity index (χ3n) is 2.42. The Labute approximate surface area is 101 Å². The number of hydrogen-bond donors (Lipinski definition) is 3. The van der Waals surface area contributed by atoms with Gasteiger partial charge in [-0.1, -0.05) is 12.1 Å². The summed E-state index contributed by atoms with van der Waals surface area (Å²) in [5.74, 6) is -1.28. The Hall–Kier alpha value is -1.60. The van der Waals surface area contributed by atoms with E-state index in [0.29, 0.717) is 0 Å². The van der Waals surface area contributed by atoms with Crippen LogP contribution in [0.25, 0.3) is 0 Å². The molecule has 0 spiro atoms. The number of benzene rings is 1. The highest BCUT2D eigenvalue weighted by atomic mass is 19.4. The monoisotopic (exact) mass is 263 g/mol. The largest absolute Gasteiger partial charge is 0.480 e. The third-order valence-corrected chi connectivity index (χ3v) is 2.42. The zero-order valence-electron chi connectivity index (χ0n) is 9.19. The van der Waals surface area contributed by atoms with E-state index in [1.165, 1.54) is 0 Å². The van der Waals surface area contributed by atoms with E-state index in [9.17, 15) is 23.1 Å². The summed E-state index contributed by atoms with van der Waals surface area (Å²) in [6, 6.07) is 2.59. The summed E-state index contributed by atoms with van der Waals surface area (Å²) in [6.45, 7) is 0. The maximum atomic E-state index is 12.3. The first-order valence-corrected chi connectivity index (χ1v) is 5.05. The van der Waals surface area contributed by atoms with E-state index in [4.69, 9.17) is 10.8 Å². The fourth-order valence-electron chi connectivity index (χ4n) is 1.37. The second kappa shape index (κ2) is 5.36. The fourth-order valence-corrected chi connectivity index (χ4v) is 1.37. The molecular weight excluding hydrogens is 251 g/mol. The van der Waals surface area contributed by atoms with Gasteiger partial charge in [0.2, 0.25) is 0 Å². The van der Waals surface area contributed by atoms with E-state index in [1.807, 2.05) is 0 Å². The number of carbonyl (C=O) groups is 1. The van der Waals surface area contributed by atoms with Crippen LogP contribution in [0.5, 0.6) is 0 Å². The number of hydrogen-bond acceptors (Lipinski definition) is 3. The van der Waals surface area contributed by atoms with E-state index in [0.717, 1.165) is 24.3 Å². The number of rotatable bonds is 4. The summed E-state index contributed by atoms with van der Waals surface area (Å²) in [4.78, 5) is 10.5. The summed E-state index contributed by atoms with van der Waals surface area (Å²) < 4.78 is 36.8. The SMILES string of the molecule is N[C@@H](C[C@H](O)c1ccc(C(F)(F)F)cc1)C(=O)O. The number of alkyl halides is 3. The van der Waals surface area contributed by atoms with Crippen LogP contribution in [0.2, 0.25) is 0 Å². The quantitative estimate of drug-likeness (QED) is 0.769. The minimum absolute atomic E-state index is 0.194. The summed E-state index contributed by atoms with van der Waals surface area (Å²) >= 11 is 0. The van der Waals surface area contributed by atoms with E-state index in [1.54, 1.807) is 0 Å². The predicted octanol–water partition coefficient (Wildman–Crippen LogP) is 1.54. The highest BCUT2D eigenvalue weighted by molar-refractivity contribution is 5.73. The van der Waals surface area contributed by atoms with Gasteiger partial charge in [-0.15, -0.1) is 0 Å². The van der Waals surface area contributed by atoms with Crippen molar-refractivity contribution in [3.63, 3.8) is 0 Å². The minimum atomic E-state index is -4.44. The fraction of sp³-hybridized carbons (Fsp3) is 0.364. The Morgan fingerprint density at radius 3 is 2.17 bits per heavy atom. The second-order valence-corrected chi connectivity index (χ2v) is 3.82. The number of aliphatic hydroxyl groups excluding tert-OH is 1. The molecule has 1 rings (SSSR count). The van der Waals surface area contributed by atoms with Crippen molar-refractivity contribution in [2.45, 2.75) is 24.7 Å². The number of aliphatic carboxylic acids is 1. The van der Waals surface area contributed by atoms with Gasteiger partial charge in [-0.25, -0.2) is 0 Å². The topological polar surface area (TPSA) is 83.5 Å². The molecule has 4 nitrogen and oxygen atoms in total. The van der Waals surface area contributed by atoms with Crippen molar-refractivity contribution in [2.75, 3.05) is 0 Å². The average Bonchev–Trinajstić information content (AvgIpc) is 2.27. The van der Waals surface area contributed by atoms with Crippen molar-refractivity contribution < 1.29 is 28.2 Å². The predicted molar refractivity (Wildman–Crippen MR) is 56.6 cm³/mol. The van der Waals surface area contributed by atoms with Gasteiger partial charge in [-0.3, -0.25) is 4.79 Å². The van der Waals surface area contributed by atoms with Crippen molar-refractivity contribution in [1.82, 2.24) is 0 Å². The maximum absolute atomic E-state index is 12.3. The van der Waals surface area contributed by atoms with Gasteiger partial charge < -0.3 is 15.9 Å². The van der Waals surface area contributed by atoms with Crippen molar-refractivity contribution in [2.24, 2.45) is 5.73 Å². The molecule has 0 aliphatic carbocycles. The zero-order valence-corrected chi connectivity index (χ0v) is 9.19. The third kappa shape index (κ3) is 3.71. The van der Waals surface area contributed by atoms with Crippen LogP contribution < -0.4 is 5.73 Å². The lowest BCUT2D eigenvalue weighted by molar-refractivity contribution is -0.139. The number of carboxylic acid groups (broad SMARTS) is 1. The van der Waals surface area contributed by atoms with Crippen molar-refractivity contribution in [3.05, 3.63) is 35.4 Å². The minimum Gasteiger partial charge on any atom is -0.480 e. The standard InChI is InChI=1S/C11H12F3NO3/c12-11(13,14)7-3-1-6(2-4-7)9(16)5-8(15)10(17)18/h1-4,8-9,16H,5,15H2,(H,17,18)/t8-,9-/m0/s1. The number of carboxylic acids is 1. The molecule has 0 saturated heterocycles. The van der Waals surface area contributed by atoms with Gasteiger partial charge in [0.1, 0.15) is 6.04 Å². The lowest BCUT2D eigenvalue weighted by Gasteiger charge is -2.14. The van der Waals surface area contributed by atoms with E-state index < -0.39 is 29.9 Å². The van der Waals surface area contributed by atoms with E-state index >= 15 is 0 Å². The molecule has 2 atom stereocenters. The van der Waals surface area contributed by atoms with Gasteiger partial charge >= 0.3 is 12.1 Å². The Morgan fingerprint density at radius 1 is 1.28 bits per heavy atom. The summed E-state index contributed by atoms with van der Waals surface area (Å²) in [5.41, 5.74) is 4.58. The van der Waals surface area contributed by atoms with E-state index in [2.05, 4.69) is 0 Å². The van der Waals surface area contributed by atoms with Gasteiger partial charge in [-0.2, -0.15) is 13.2 Å². The molecule has 0 unspecified atom stereocenters. The molecule has 7 heteroatoms. The second-order valence-electron chi connectivity index (χ2n) is 3.82. The molecule has 0 heterocycles. The van der Waals surface area contributed by atoms with Crippen LogP contribution in [0.15, 0.2) is 24.3 Å². The smallest absolute Gasteiger partial charge is 0.416 e. The molecule has 18 heavy (non-hydrogen) atoms. The molecule has 0 saturated carbocycles. The average molecular weight is 263 g/mol. The highest BCUT2D eigenvalue weighted by Gasteiger charge is 2.30. The molecule has 1 aromatic rings. The Morgan fingerprint density at radius 2 is 1.78 bits per heavy atom. The normalized spacial score (nSPS) is 15.2. The van der Waals surface area contributed by atoms with E-state index in [-0.39, 0.29) is 12.0 Å². The highest BCUT2D eigenvalue weighted by Crippen LogP contribution is 2.30. The van der Waals surface area contributed by atoms with Crippen LogP contribution in [-0.2, 0) is 11.0 Å². The van der Waals surface area contributed by atoms with Gasteiger partial charge in [-0.05, 0) is 17.7 Å². The number of nitrogens with two attached hydrogens (primary N) is 1. The maximum Gasteiger partial charge on any atom is 0.416 e. The van der Waals surface area contributed by atoms with Crippen molar-refractivity contribution in [3.8, 4) is 0 Å². The molecule has 0 aromatic heterocycles. The molecule has 1 aromatic carbocycles. The first-order valence-electron chi connectivity index (χ1n) is 5.05. The van der Waals surface area contributed by atoms with Crippen LogP contribution >= 0.6 is 0 Å². The summed E-state index contributed by atoms with van der Waals surface area (Å²) in [5, 5.41) is 18.2. The van der Waals surface area contributed by atoms with Crippen LogP contribution in [0.1, 0.15) is 23.7 Å². The summed E-state index contributed by atoms with van der Waals surface area (Å²) in [7, 11) is 0. The molecule has 0 bridgehead atoms. The van der Waals surface area contributed by atoms with Crippen LogP contribution in [0.3, 0.4) is 0 Å². The molecule has 4 N–H and O–H groups in total. The molecule has 0 amide bonds. The van der Waals surface area contributed by atoms with Crippen LogP contribution in [0, 0.1) is 0 Å². The van der Waals surface area contributed by atoms with Gasteiger partial charge in [0.15, 0.2) is 0 Å². The molecule has 100 valence electrons. The van der Waals surface area contributed by atoms with Gasteiger partial charge in [0.25, 0.3) is 0 Å². The number of aliphatic hydroxyl groups is 1. The molecule has 0 radical (unpaired) electrons. The van der Waals surface area contributed by atoms with Gasteiger partial charge in [0, 0.05) is 6.42 Å². The number of halogens is 3. The summed E-state index contributed by atoms with van der Waals surface area (Å²) in [6.07, 6.45) is -5.92. The first kappa shape index (κ1) is 14.5. The van der Waals surface area contributed by atoms with Crippen molar-refractivity contribution >= 4 is 5.97 Å². The molecule has 0 aliphatic rings.